The van der Waals surface area contributed by atoms with Crippen molar-refractivity contribution in [2.24, 2.45) is 0 Å². The lowest BCUT2D eigenvalue weighted by Gasteiger charge is -2.15. The Kier molecular flexibility index (Phi) is 4.32. The van der Waals surface area contributed by atoms with E-state index in [1.165, 1.54) is 0 Å². The first-order valence-corrected chi connectivity index (χ1v) is 8.71. The van der Waals surface area contributed by atoms with Gasteiger partial charge in [0.05, 0.1) is 0 Å². The van der Waals surface area contributed by atoms with Gasteiger partial charge < -0.3 is 9.47 Å². The molecule has 4 aromatic carbocycles. The standard InChI is InChI=1S/C24H20O2/c1-17-9-3-7-13-21(17)25-23-15-16-24(20-12-6-5-11-19(20)23)26-22-14-8-4-10-18(22)2/h3-16H,1-2H3. The minimum atomic E-state index is 0.826. The lowest BCUT2D eigenvalue weighted by molar-refractivity contribution is 0.474. The van der Waals surface area contributed by atoms with E-state index < -0.39 is 0 Å². The molecule has 0 saturated heterocycles. The van der Waals surface area contributed by atoms with E-state index in [4.69, 9.17) is 9.47 Å². The van der Waals surface area contributed by atoms with E-state index in [1.807, 2.05) is 86.6 Å². The molecule has 0 aliphatic heterocycles. The molecule has 0 N–H and O–H groups in total. The van der Waals surface area contributed by atoms with Crippen molar-refractivity contribution in [1.29, 1.82) is 0 Å². The molecule has 0 fully saturated rings. The van der Waals surface area contributed by atoms with Crippen LogP contribution in [-0.2, 0) is 0 Å². The number of benzene rings is 4. The number of hydrogen-bond acceptors (Lipinski definition) is 2. The third-order valence-electron chi connectivity index (χ3n) is 4.47. The number of fused-ring (bicyclic) bond motifs is 1. The van der Waals surface area contributed by atoms with Crippen molar-refractivity contribution in [3.05, 3.63) is 96.1 Å². The van der Waals surface area contributed by atoms with Crippen LogP contribution < -0.4 is 9.47 Å². The van der Waals surface area contributed by atoms with Gasteiger partial charge in [0.15, 0.2) is 0 Å². The first kappa shape index (κ1) is 16.2. The van der Waals surface area contributed by atoms with Crippen molar-refractivity contribution < 1.29 is 9.47 Å². The van der Waals surface area contributed by atoms with Crippen LogP contribution in [0.25, 0.3) is 10.8 Å². The molecule has 0 saturated carbocycles. The largest absolute Gasteiger partial charge is 0.456 e. The summed E-state index contributed by atoms with van der Waals surface area (Å²) in [4.78, 5) is 0. The molecule has 0 heterocycles. The molecule has 0 unspecified atom stereocenters. The summed E-state index contributed by atoms with van der Waals surface area (Å²) in [7, 11) is 0. The summed E-state index contributed by atoms with van der Waals surface area (Å²) in [6, 6.07) is 28.2. The van der Waals surface area contributed by atoms with Crippen LogP contribution in [0.1, 0.15) is 11.1 Å². The summed E-state index contributed by atoms with van der Waals surface area (Å²) in [5.41, 5.74) is 2.22. The Morgan fingerprint density at radius 1 is 0.423 bits per heavy atom. The van der Waals surface area contributed by atoms with Gasteiger partial charge in [-0.1, -0.05) is 60.7 Å². The second-order valence-electron chi connectivity index (χ2n) is 6.34. The Morgan fingerprint density at radius 3 is 1.23 bits per heavy atom. The highest BCUT2D eigenvalue weighted by Gasteiger charge is 2.11. The molecule has 0 atom stereocenters. The van der Waals surface area contributed by atoms with Gasteiger partial charge in [0, 0.05) is 10.8 Å². The highest BCUT2D eigenvalue weighted by Crippen LogP contribution is 2.38. The molecule has 0 aliphatic rings. The van der Waals surface area contributed by atoms with Crippen LogP contribution >= 0.6 is 0 Å². The minimum absolute atomic E-state index is 0.826. The van der Waals surface area contributed by atoms with Crippen LogP contribution in [0.2, 0.25) is 0 Å². The fourth-order valence-corrected chi connectivity index (χ4v) is 3.00. The van der Waals surface area contributed by atoms with Gasteiger partial charge in [-0.3, -0.25) is 0 Å². The Morgan fingerprint density at radius 2 is 0.808 bits per heavy atom. The molecule has 0 aromatic heterocycles. The van der Waals surface area contributed by atoms with Gasteiger partial charge in [-0.25, -0.2) is 0 Å². The molecule has 0 aliphatic carbocycles. The van der Waals surface area contributed by atoms with Crippen LogP contribution in [0.3, 0.4) is 0 Å². The summed E-state index contributed by atoms with van der Waals surface area (Å²) >= 11 is 0. The van der Waals surface area contributed by atoms with Gasteiger partial charge >= 0.3 is 0 Å². The van der Waals surface area contributed by atoms with Crippen molar-refractivity contribution in [1.82, 2.24) is 0 Å². The summed E-state index contributed by atoms with van der Waals surface area (Å²) in [6.07, 6.45) is 0. The average molecular weight is 340 g/mol. The molecule has 0 spiro atoms. The Balaban J connectivity index is 1.76. The SMILES string of the molecule is Cc1ccccc1Oc1ccc(Oc2ccccc2C)c2ccccc12. The molecular weight excluding hydrogens is 320 g/mol. The minimum Gasteiger partial charge on any atom is -0.456 e. The quantitative estimate of drug-likeness (QED) is 0.396. The third kappa shape index (κ3) is 3.14. The second kappa shape index (κ2) is 6.93. The van der Waals surface area contributed by atoms with Crippen LogP contribution in [0.15, 0.2) is 84.9 Å². The zero-order valence-electron chi connectivity index (χ0n) is 14.9. The van der Waals surface area contributed by atoms with Crippen molar-refractivity contribution in [2.75, 3.05) is 0 Å². The van der Waals surface area contributed by atoms with Gasteiger partial charge in [-0.2, -0.15) is 0 Å². The fourth-order valence-electron chi connectivity index (χ4n) is 3.00. The normalized spacial score (nSPS) is 10.7. The summed E-state index contributed by atoms with van der Waals surface area (Å²) < 4.78 is 12.4. The van der Waals surface area contributed by atoms with E-state index in [0.717, 1.165) is 44.9 Å². The first-order chi connectivity index (χ1) is 12.7. The third-order valence-corrected chi connectivity index (χ3v) is 4.47. The van der Waals surface area contributed by atoms with Crippen molar-refractivity contribution in [2.45, 2.75) is 13.8 Å². The van der Waals surface area contributed by atoms with Crippen molar-refractivity contribution in [3.8, 4) is 23.0 Å². The van der Waals surface area contributed by atoms with Crippen molar-refractivity contribution >= 4 is 10.8 Å². The van der Waals surface area contributed by atoms with E-state index in [2.05, 4.69) is 12.1 Å². The van der Waals surface area contributed by atoms with Crippen LogP contribution in [0, 0.1) is 13.8 Å². The van der Waals surface area contributed by atoms with Gasteiger partial charge in [0.2, 0.25) is 0 Å². The molecule has 2 nitrogen and oxygen atoms in total. The zero-order valence-corrected chi connectivity index (χ0v) is 14.9. The van der Waals surface area contributed by atoms with Gasteiger partial charge in [0.25, 0.3) is 0 Å². The second-order valence-corrected chi connectivity index (χ2v) is 6.34. The molecule has 4 aromatic rings. The van der Waals surface area contributed by atoms with Gasteiger partial charge in [-0.05, 0) is 49.2 Å². The monoisotopic (exact) mass is 340 g/mol. The number of para-hydroxylation sites is 2. The molecule has 0 radical (unpaired) electrons. The highest BCUT2D eigenvalue weighted by atomic mass is 16.5. The molecular formula is C24H20O2. The van der Waals surface area contributed by atoms with E-state index in [-0.39, 0.29) is 0 Å². The van der Waals surface area contributed by atoms with Crippen LogP contribution in [0.4, 0.5) is 0 Å². The van der Waals surface area contributed by atoms with E-state index in [1.54, 1.807) is 0 Å². The number of rotatable bonds is 4. The average Bonchev–Trinajstić information content (AvgIpc) is 2.67. The molecule has 0 bridgehead atoms. The predicted molar refractivity (Wildman–Crippen MR) is 106 cm³/mol. The number of ether oxygens (including phenoxy) is 2. The Bertz CT molecular complexity index is 980. The van der Waals surface area contributed by atoms with E-state index in [9.17, 15) is 0 Å². The summed E-state index contributed by atoms with van der Waals surface area (Å²) in [5, 5.41) is 2.06. The number of aryl methyl sites for hydroxylation is 2. The highest BCUT2D eigenvalue weighted by molar-refractivity contribution is 5.93. The van der Waals surface area contributed by atoms with Crippen molar-refractivity contribution in [3.63, 3.8) is 0 Å². The maximum absolute atomic E-state index is 6.20. The topological polar surface area (TPSA) is 18.5 Å². The lowest BCUT2D eigenvalue weighted by Crippen LogP contribution is -1.92. The molecule has 2 heteroatoms. The maximum atomic E-state index is 6.20. The summed E-state index contributed by atoms with van der Waals surface area (Å²) in [5.74, 6) is 3.38. The Labute approximate surface area is 153 Å². The molecule has 4 rings (SSSR count). The van der Waals surface area contributed by atoms with E-state index >= 15 is 0 Å². The smallest absolute Gasteiger partial charge is 0.135 e. The van der Waals surface area contributed by atoms with Gasteiger partial charge in [0.1, 0.15) is 23.0 Å². The van der Waals surface area contributed by atoms with Gasteiger partial charge in [-0.15, -0.1) is 0 Å². The first-order valence-electron chi connectivity index (χ1n) is 8.71. The predicted octanol–water partition coefficient (Wildman–Crippen LogP) is 7.04. The molecule has 26 heavy (non-hydrogen) atoms. The molecule has 128 valence electrons. The van der Waals surface area contributed by atoms with E-state index in [0.29, 0.717) is 0 Å². The molecule has 0 amide bonds. The summed E-state index contributed by atoms with van der Waals surface area (Å²) in [6.45, 7) is 4.10. The zero-order chi connectivity index (χ0) is 17.9. The van der Waals surface area contributed by atoms with Crippen LogP contribution in [-0.4, -0.2) is 0 Å². The van der Waals surface area contributed by atoms with Crippen LogP contribution in [0.5, 0.6) is 23.0 Å². The fraction of sp³-hybridized carbons (Fsp3) is 0.0833. The Hall–Kier alpha value is -3.26. The maximum Gasteiger partial charge on any atom is 0.135 e. The lowest BCUT2D eigenvalue weighted by atomic mass is 10.1. The number of hydrogen-bond donors (Lipinski definition) is 0.